The van der Waals surface area contributed by atoms with Gasteiger partial charge < -0.3 is 0 Å². The van der Waals surface area contributed by atoms with Crippen LogP contribution in [-0.4, -0.2) is 4.83 Å². The van der Waals surface area contributed by atoms with Gasteiger partial charge in [0.2, 0.25) is 0 Å². The van der Waals surface area contributed by atoms with Crippen molar-refractivity contribution in [3.05, 3.63) is 11.6 Å². The van der Waals surface area contributed by atoms with E-state index in [1.807, 2.05) is 0 Å². The van der Waals surface area contributed by atoms with Crippen molar-refractivity contribution in [2.75, 3.05) is 0 Å². The van der Waals surface area contributed by atoms with E-state index in [1.165, 1.54) is 12.0 Å². The first-order valence-electron chi connectivity index (χ1n) is 5.71. The number of fused-ring (bicyclic) bond motifs is 1. The van der Waals surface area contributed by atoms with Crippen molar-refractivity contribution < 1.29 is 0 Å². The Kier molecular flexibility index (Phi) is 1.56. The van der Waals surface area contributed by atoms with Gasteiger partial charge in [-0.3, -0.25) is 0 Å². The summed E-state index contributed by atoms with van der Waals surface area (Å²) in [6.45, 7) is 9.40. The van der Waals surface area contributed by atoms with Crippen LogP contribution in [0.15, 0.2) is 11.6 Å². The summed E-state index contributed by atoms with van der Waals surface area (Å²) < 4.78 is 0. The molecule has 4 unspecified atom stereocenters. The molecular weight excluding hydrogens is 236 g/mol. The molecule has 4 atom stereocenters. The Balaban J connectivity index is 1.74. The molecule has 3 rings (SSSR count). The molecule has 0 aliphatic heterocycles. The average Bonchev–Trinajstić information content (AvgIpc) is 2.88. The van der Waals surface area contributed by atoms with Crippen molar-refractivity contribution in [3.8, 4) is 0 Å². The molecule has 14 heavy (non-hydrogen) atoms. The zero-order chi connectivity index (χ0) is 10.3. The van der Waals surface area contributed by atoms with Crippen LogP contribution < -0.4 is 0 Å². The highest BCUT2D eigenvalue weighted by atomic mass is 79.9. The van der Waals surface area contributed by atoms with E-state index < -0.39 is 0 Å². The Morgan fingerprint density at radius 1 is 1.29 bits per heavy atom. The zero-order valence-corrected chi connectivity index (χ0v) is 11.1. The minimum atomic E-state index is 0.524. The monoisotopic (exact) mass is 254 g/mol. The molecule has 3 saturated carbocycles. The molecule has 0 radical (unpaired) electrons. The molecule has 0 aromatic heterocycles. The predicted octanol–water partition coefficient (Wildman–Crippen LogP) is 4.01. The lowest BCUT2D eigenvalue weighted by Gasteiger charge is -2.20. The van der Waals surface area contributed by atoms with Gasteiger partial charge in [-0.25, -0.2) is 0 Å². The molecule has 0 amide bonds. The van der Waals surface area contributed by atoms with Gasteiger partial charge >= 0.3 is 0 Å². The molecule has 0 spiro atoms. The van der Waals surface area contributed by atoms with Crippen molar-refractivity contribution in [2.45, 2.75) is 38.9 Å². The van der Waals surface area contributed by atoms with E-state index in [2.05, 4.69) is 49.7 Å². The quantitative estimate of drug-likeness (QED) is 0.516. The number of allylic oxidation sites excluding steroid dienone is 2. The first-order valence-corrected chi connectivity index (χ1v) is 6.62. The summed E-state index contributed by atoms with van der Waals surface area (Å²) in [5.41, 5.74) is 2.65. The van der Waals surface area contributed by atoms with Gasteiger partial charge in [0.1, 0.15) is 0 Å². The molecule has 0 aromatic carbocycles. The topological polar surface area (TPSA) is 0 Å². The highest BCUT2D eigenvalue weighted by Crippen LogP contribution is 2.86. The summed E-state index contributed by atoms with van der Waals surface area (Å²) in [4.78, 5) is 0.890. The van der Waals surface area contributed by atoms with Crippen LogP contribution in [0, 0.1) is 28.6 Å². The Bertz CT molecular complexity index is 318. The first kappa shape index (κ1) is 9.45. The van der Waals surface area contributed by atoms with Crippen molar-refractivity contribution >= 4 is 15.9 Å². The highest BCUT2D eigenvalue weighted by molar-refractivity contribution is 9.09. The van der Waals surface area contributed by atoms with Crippen LogP contribution in [0.1, 0.15) is 34.1 Å². The SMILES string of the molecule is CC(C)=CC1(C)CC1(C)C1C2C(Br)C21. The fourth-order valence-corrected chi connectivity index (χ4v) is 5.03. The lowest BCUT2D eigenvalue weighted by atomic mass is 9.85. The minimum Gasteiger partial charge on any atom is -0.0884 e. The molecule has 0 saturated heterocycles. The molecule has 1 heteroatoms. The fraction of sp³-hybridized carbons (Fsp3) is 0.846. The van der Waals surface area contributed by atoms with Crippen LogP contribution >= 0.6 is 15.9 Å². The van der Waals surface area contributed by atoms with Gasteiger partial charge in [0.25, 0.3) is 0 Å². The molecule has 3 aliphatic carbocycles. The number of halogens is 1. The molecule has 3 fully saturated rings. The van der Waals surface area contributed by atoms with Crippen LogP contribution in [0.4, 0.5) is 0 Å². The number of alkyl halides is 1. The summed E-state index contributed by atoms with van der Waals surface area (Å²) in [5.74, 6) is 3.15. The van der Waals surface area contributed by atoms with E-state index in [1.54, 1.807) is 0 Å². The van der Waals surface area contributed by atoms with Crippen LogP contribution in [-0.2, 0) is 0 Å². The average molecular weight is 255 g/mol. The molecule has 0 aromatic rings. The number of rotatable bonds is 2. The Morgan fingerprint density at radius 2 is 1.86 bits per heavy atom. The van der Waals surface area contributed by atoms with Crippen molar-refractivity contribution in [1.82, 2.24) is 0 Å². The lowest BCUT2D eigenvalue weighted by Crippen LogP contribution is -2.16. The van der Waals surface area contributed by atoms with Gasteiger partial charge in [-0.2, -0.15) is 0 Å². The van der Waals surface area contributed by atoms with E-state index in [9.17, 15) is 0 Å². The van der Waals surface area contributed by atoms with E-state index in [0.29, 0.717) is 10.8 Å². The van der Waals surface area contributed by atoms with E-state index in [-0.39, 0.29) is 0 Å². The Labute approximate surface area is 95.3 Å². The molecule has 3 aliphatic rings. The fourth-order valence-electron chi connectivity index (χ4n) is 3.85. The zero-order valence-electron chi connectivity index (χ0n) is 9.47. The molecule has 0 heterocycles. The minimum absolute atomic E-state index is 0.524. The summed E-state index contributed by atoms with van der Waals surface area (Å²) in [6, 6.07) is 0. The van der Waals surface area contributed by atoms with Gasteiger partial charge in [0, 0.05) is 4.83 Å². The van der Waals surface area contributed by atoms with E-state index in [0.717, 1.165) is 22.6 Å². The molecule has 0 N–H and O–H groups in total. The molecule has 78 valence electrons. The standard InChI is InChI=1S/C13H19Br/c1-7(2)5-12(3)6-13(12,4)10-8-9(10)11(8)14/h5,8-11H,6H2,1-4H3. The van der Waals surface area contributed by atoms with Crippen LogP contribution in [0.5, 0.6) is 0 Å². The van der Waals surface area contributed by atoms with Crippen LogP contribution in [0.3, 0.4) is 0 Å². The summed E-state index contributed by atoms with van der Waals surface area (Å²) in [6.07, 6.45) is 3.93. The maximum Gasteiger partial charge on any atom is 0.0214 e. The second-order valence-corrected chi connectivity index (χ2v) is 7.42. The van der Waals surface area contributed by atoms with Gasteiger partial charge in [-0.1, -0.05) is 41.4 Å². The maximum absolute atomic E-state index is 3.73. The van der Waals surface area contributed by atoms with Crippen LogP contribution in [0.25, 0.3) is 0 Å². The van der Waals surface area contributed by atoms with Crippen molar-refractivity contribution in [2.24, 2.45) is 28.6 Å². The first-order chi connectivity index (χ1) is 6.41. The van der Waals surface area contributed by atoms with Gasteiger partial charge in [0.05, 0.1) is 0 Å². The molecular formula is C13H19Br. The summed E-state index contributed by atoms with van der Waals surface area (Å²) >= 11 is 3.73. The Hall–Kier alpha value is 0.220. The summed E-state index contributed by atoms with van der Waals surface area (Å²) in [7, 11) is 0. The normalized spacial score (nSPS) is 62.9. The van der Waals surface area contributed by atoms with Crippen molar-refractivity contribution in [3.63, 3.8) is 0 Å². The number of hydrogen-bond donors (Lipinski definition) is 0. The van der Waals surface area contributed by atoms with Gasteiger partial charge in [-0.15, -0.1) is 0 Å². The second kappa shape index (κ2) is 2.31. The predicted molar refractivity (Wildman–Crippen MR) is 63.4 cm³/mol. The third-order valence-corrected chi connectivity index (χ3v) is 6.21. The van der Waals surface area contributed by atoms with Crippen molar-refractivity contribution in [1.29, 1.82) is 0 Å². The third kappa shape index (κ3) is 0.951. The van der Waals surface area contributed by atoms with Gasteiger partial charge in [0.15, 0.2) is 0 Å². The van der Waals surface area contributed by atoms with Gasteiger partial charge in [-0.05, 0) is 48.9 Å². The maximum atomic E-state index is 3.73. The van der Waals surface area contributed by atoms with Crippen LogP contribution in [0.2, 0.25) is 0 Å². The highest BCUT2D eigenvalue weighted by Gasteiger charge is 2.83. The summed E-state index contributed by atoms with van der Waals surface area (Å²) in [5, 5.41) is 0. The largest absolute Gasteiger partial charge is 0.0884 e. The Morgan fingerprint density at radius 3 is 2.29 bits per heavy atom. The lowest BCUT2D eigenvalue weighted by molar-refractivity contribution is 0.334. The number of hydrogen-bond acceptors (Lipinski definition) is 0. The third-order valence-electron chi connectivity index (χ3n) is 4.98. The second-order valence-electron chi connectivity index (χ2n) is 6.36. The van der Waals surface area contributed by atoms with E-state index >= 15 is 0 Å². The molecule has 0 bridgehead atoms. The van der Waals surface area contributed by atoms with E-state index in [4.69, 9.17) is 0 Å². The smallest absolute Gasteiger partial charge is 0.0214 e. The molecule has 0 nitrogen and oxygen atoms in total.